The minimum absolute atomic E-state index is 0.120. The molecule has 7 nitrogen and oxygen atoms in total. The van der Waals surface area contributed by atoms with Crippen LogP contribution in [0, 0.1) is 18.8 Å². The summed E-state index contributed by atoms with van der Waals surface area (Å²) in [5, 5.41) is 7.12. The zero-order valence-corrected chi connectivity index (χ0v) is 17.0. The van der Waals surface area contributed by atoms with Gasteiger partial charge in [-0.2, -0.15) is 13.2 Å². The van der Waals surface area contributed by atoms with Gasteiger partial charge in [0.15, 0.2) is 0 Å². The van der Waals surface area contributed by atoms with Crippen LogP contribution in [0.3, 0.4) is 0 Å². The van der Waals surface area contributed by atoms with E-state index in [0.29, 0.717) is 17.2 Å². The Labute approximate surface area is 172 Å². The van der Waals surface area contributed by atoms with Gasteiger partial charge in [-0.1, -0.05) is 0 Å². The highest BCUT2D eigenvalue weighted by atomic mass is 19.4. The number of piperidine rings is 1. The Morgan fingerprint density at radius 3 is 2.43 bits per heavy atom. The molecular formula is C20H27F3N2O5. The predicted octanol–water partition coefficient (Wildman–Crippen LogP) is 2.79. The lowest BCUT2D eigenvalue weighted by Gasteiger charge is -2.41. The average molecular weight is 432 g/mol. The number of amides is 1. The second-order valence-electron chi connectivity index (χ2n) is 8.15. The van der Waals surface area contributed by atoms with E-state index in [4.69, 9.17) is 19.1 Å². The van der Waals surface area contributed by atoms with Crippen LogP contribution >= 0.6 is 0 Å². The van der Waals surface area contributed by atoms with Crippen LogP contribution in [0.5, 0.6) is 0 Å². The van der Waals surface area contributed by atoms with Crippen LogP contribution in [0.4, 0.5) is 13.2 Å². The quantitative estimate of drug-likeness (QED) is 0.788. The summed E-state index contributed by atoms with van der Waals surface area (Å²) in [4.78, 5) is 26.5. The van der Waals surface area contributed by atoms with E-state index in [1.165, 1.54) is 19.4 Å². The summed E-state index contributed by atoms with van der Waals surface area (Å²) in [6.45, 7) is 5.88. The maximum atomic E-state index is 13.0. The maximum Gasteiger partial charge on any atom is 0.490 e. The molecule has 30 heavy (non-hydrogen) atoms. The highest BCUT2D eigenvalue weighted by Crippen LogP contribution is 2.37. The van der Waals surface area contributed by atoms with Gasteiger partial charge in [-0.15, -0.1) is 0 Å². The largest absolute Gasteiger partial charge is 0.490 e. The summed E-state index contributed by atoms with van der Waals surface area (Å²) >= 11 is 0. The maximum absolute atomic E-state index is 13.0. The summed E-state index contributed by atoms with van der Waals surface area (Å²) in [5.41, 5.74) is 0.709. The molecule has 1 N–H and O–H groups in total. The van der Waals surface area contributed by atoms with Crippen LogP contribution in [-0.2, 0) is 9.53 Å². The van der Waals surface area contributed by atoms with Crippen molar-refractivity contribution in [2.75, 3.05) is 33.3 Å². The molecule has 168 valence electrons. The van der Waals surface area contributed by atoms with E-state index in [2.05, 4.69) is 9.80 Å². The third-order valence-corrected chi connectivity index (χ3v) is 6.05. The SMILES string of the molecule is CO[C@@H]1CCN(C(=O)c2ccoc2C)[C@@H]2CN(CC3CC3)C[C@@H]21.O=C(O)C(F)(F)F. The second kappa shape index (κ2) is 8.97. The molecule has 1 amide bonds. The first-order chi connectivity index (χ1) is 14.1. The fraction of sp³-hybridized carbons (Fsp3) is 0.700. The summed E-state index contributed by atoms with van der Waals surface area (Å²) in [7, 11) is 1.81. The van der Waals surface area contributed by atoms with E-state index in [-0.39, 0.29) is 18.1 Å². The van der Waals surface area contributed by atoms with Crippen LogP contribution in [0.2, 0.25) is 0 Å². The van der Waals surface area contributed by atoms with E-state index in [9.17, 15) is 18.0 Å². The molecule has 1 aromatic rings. The number of nitrogens with zero attached hydrogens (tertiary/aromatic N) is 2. The number of carboxylic acid groups (broad SMARTS) is 1. The number of carboxylic acids is 1. The van der Waals surface area contributed by atoms with E-state index in [1.54, 1.807) is 12.3 Å². The number of carbonyl (C=O) groups is 2. The Balaban J connectivity index is 0.000000318. The number of methoxy groups -OCH3 is 1. The highest BCUT2D eigenvalue weighted by Gasteiger charge is 2.47. The Kier molecular flexibility index (Phi) is 6.76. The van der Waals surface area contributed by atoms with Crippen LogP contribution in [-0.4, -0.2) is 78.4 Å². The lowest BCUT2D eigenvalue weighted by molar-refractivity contribution is -0.192. The lowest BCUT2D eigenvalue weighted by Crippen LogP contribution is -2.53. The minimum Gasteiger partial charge on any atom is -0.475 e. The molecule has 3 aliphatic rings. The van der Waals surface area contributed by atoms with Crippen molar-refractivity contribution in [3.05, 3.63) is 23.7 Å². The monoisotopic (exact) mass is 432 g/mol. The Hall–Kier alpha value is -2.07. The number of fused-ring (bicyclic) bond motifs is 1. The highest BCUT2D eigenvalue weighted by molar-refractivity contribution is 5.95. The molecule has 1 saturated carbocycles. The van der Waals surface area contributed by atoms with Crippen molar-refractivity contribution in [2.45, 2.75) is 44.5 Å². The van der Waals surface area contributed by atoms with Crippen molar-refractivity contribution in [1.82, 2.24) is 9.80 Å². The van der Waals surface area contributed by atoms with Crippen molar-refractivity contribution in [3.63, 3.8) is 0 Å². The Morgan fingerprint density at radius 1 is 1.27 bits per heavy atom. The van der Waals surface area contributed by atoms with Crippen molar-refractivity contribution < 1.29 is 37.0 Å². The van der Waals surface area contributed by atoms with Crippen molar-refractivity contribution in [1.29, 1.82) is 0 Å². The van der Waals surface area contributed by atoms with Gasteiger partial charge in [-0.05, 0) is 38.2 Å². The number of hydrogen-bond donors (Lipinski definition) is 1. The number of alkyl halides is 3. The number of furan rings is 1. The van der Waals surface area contributed by atoms with E-state index < -0.39 is 12.1 Å². The van der Waals surface area contributed by atoms with Crippen molar-refractivity contribution >= 4 is 11.9 Å². The average Bonchev–Trinajstić information content (AvgIpc) is 3.21. The molecule has 2 aliphatic heterocycles. The molecule has 1 aromatic heterocycles. The summed E-state index contributed by atoms with van der Waals surface area (Å²) in [6, 6.07) is 2.07. The standard InChI is InChI=1S/C18H26N2O3.C2HF3O2/c1-12-14(6-8-23-12)18(21)20-7-5-17(22-2)15-10-19(11-16(15)20)9-13-3-4-13;3-2(4,5)1(6)7/h6,8,13,15-17H,3-5,7,9-11H2,1-2H3;(H,6,7)/t15-,16+,17+;/m0./s1. The topological polar surface area (TPSA) is 83.2 Å². The van der Waals surface area contributed by atoms with E-state index in [1.807, 2.05) is 14.0 Å². The first kappa shape index (κ1) is 22.6. The number of ether oxygens (including phenoxy) is 1. The van der Waals surface area contributed by atoms with Gasteiger partial charge < -0.3 is 24.1 Å². The van der Waals surface area contributed by atoms with Gasteiger partial charge in [0.1, 0.15) is 5.76 Å². The number of rotatable bonds is 4. The first-order valence-corrected chi connectivity index (χ1v) is 10.0. The molecule has 2 saturated heterocycles. The third-order valence-electron chi connectivity index (χ3n) is 6.05. The zero-order valence-electron chi connectivity index (χ0n) is 17.0. The van der Waals surface area contributed by atoms with Crippen LogP contribution < -0.4 is 0 Å². The van der Waals surface area contributed by atoms with Gasteiger partial charge >= 0.3 is 12.1 Å². The number of likely N-dealkylation sites (tertiary alicyclic amines) is 2. The minimum atomic E-state index is -5.08. The lowest BCUT2D eigenvalue weighted by atomic mass is 9.88. The van der Waals surface area contributed by atoms with Gasteiger partial charge in [0, 0.05) is 39.2 Å². The zero-order chi connectivity index (χ0) is 22.1. The van der Waals surface area contributed by atoms with Crippen molar-refractivity contribution in [3.8, 4) is 0 Å². The van der Waals surface area contributed by atoms with E-state index in [0.717, 1.165) is 32.0 Å². The van der Waals surface area contributed by atoms with Crippen LogP contribution in [0.15, 0.2) is 16.7 Å². The molecule has 0 radical (unpaired) electrons. The fourth-order valence-electron chi connectivity index (χ4n) is 4.36. The number of aliphatic carboxylic acids is 1. The normalized spacial score (nSPS) is 26.7. The van der Waals surface area contributed by atoms with Gasteiger partial charge in [-0.25, -0.2) is 4.79 Å². The number of halogens is 3. The molecule has 0 bridgehead atoms. The van der Waals surface area contributed by atoms with E-state index >= 15 is 0 Å². The predicted molar refractivity (Wildman–Crippen MR) is 100 cm³/mol. The number of carbonyl (C=O) groups excluding carboxylic acids is 1. The summed E-state index contributed by atoms with van der Waals surface area (Å²) in [6.07, 6.45) is 0.471. The number of aryl methyl sites for hydroxylation is 1. The Bertz CT molecular complexity index is 762. The second-order valence-corrected chi connectivity index (χ2v) is 8.15. The van der Waals surface area contributed by atoms with Gasteiger partial charge in [-0.3, -0.25) is 4.79 Å². The Morgan fingerprint density at radius 2 is 1.93 bits per heavy atom. The molecule has 3 atom stereocenters. The molecule has 0 unspecified atom stereocenters. The van der Waals surface area contributed by atoms with Gasteiger partial charge in [0.25, 0.3) is 5.91 Å². The molecule has 4 rings (SSSR count). The van der Waals surface area contributed by atoms with Gasteiger partial charge in [0.2, 0.25) is 0 Å². The smallest absolute Gasteiger partial charge is 0.475 e. The summed E-state index contributed by atoms with van der Waals surface area (Å²) in [5.74, 6) is -0.602. The molecule has 10 heteroatoms. The third kappa shape index (κ3) is 5.15. The van der Waals surface area contributed by atoms with Crippen molar-refractivity contribution in [2.24, 2.45) is 11.8 Å². The molecule has 3 fully saturated rings. The van der Waals surface area contributed by atoms with Gasteiger partial charge in [0.05, 0.1) is 24.0 Å². The fourth-order valence-corrected chi connectivity index (χ4v) is 4.36. The summed E-state index contributed by atoms with van der Waals surface area (Å²) < 4.78 is 42.8. The molecule has 0 aromatic carbocycles. The molecule has 3 heterocycles. The van der Waals surface area contributed by atoms with Crippen LogP contribution in [0.25, 0.3) is 0 Å². The number of hydrogen-bond acceptors (Lipinski definition) is 5. The first-order valence-electron chi connectivity index (χ1n) is 10.0. The molecule has 1 aliphatic carbocycles. The molecule has 0 spiro atoms. The van der Waals surface area contributed by atoms with Crippen LogP contribution in [0.1, 0.15) is 35.4 Å². The molecular weight excluding hydrogens is 405 g/mol.